The minimum Gasteiger partial charge on any atom is -0.0810 e. The summed E-state index contributed by atoms with van der Waals surface area (Å²) < 4.78 is 0. The first-order valence-electron chi connectivity index (χ1n) is 4.64. The molecule has 0 aliphatic heterocycles. The summed E-state index contributed by atoms with van der Waals surface area (Å²) in [5, 5.41) is 0. The van der Waals surface area contributed by atoms with Gasteiger partial charge in [-0.25, -0.2) is 0 Å². The Hall–Kier alpha value is -0.520. The lowest BCUT2D eigenvalue weighted by atomic mass is 9.94. The average molecular weight is 148 g/mol. The van der Waals surface area contributed by atoms with E-state index in [0.717, 1.165) is 17.8 Å². The fourth-order valence-corrected chi connectivity index (χ4v) is 2.22. The number of hydrogen-bond acceptors (Lipinski definition) is 0. The molecule has 0 heterocycles. The van der Waals surface area contributed by atoms with Gasteiger partial charge in [-0.15, -0.1) is 0 Å². The highest BCUT2D eigenvalue weighted by Crippen LogP contribution is 2.40. The van der Waals surface area contributed by atoms with E-state index >= 15 is 0 Å². The third-order valence-corrected chi connectivity index (χ3v) is 2.67. The van der Waals surface area contributed by atoms with Gasteiger partial charge in [0.15, 0.2) is 0 Å². The normalized spacial score (nSPS) is 33.5. The summed E-state index contributed by atoms with van der Waals surface area (Å²) in [6.45, 7) is 4.60. The molecule has 0 saturated carbocycles. The highest BCUT2D eigenvalue weighted by molar-refractivity contribution is 5.30. The van der Waals surface area contributed by atoms with E-state index in [-0.39, 0.29) is 0 Å². The standard InChI is InChI=1S/C11H16/c1-8(2)5-11-7-9-3-4-10(11)6-9/h3-4,7-10H,5-6H2,1-2H3. The molecule has 2 rings (SSSR count). The fourth-order valence-electron chi connectivity index (χ4n) is 2.22. The third-order valence-electron chi connectivity index (χ3n) is 2.67. The van der Waals surface area contributed by atoms with Crippen molar-refractivity contribution in [3.05, 3.63) is 23.8 Å². The minimum atomic E-state index is 0.800. The lowest BCUT2D eigenvalue weighted by Crippen LogP contribution is -1.97. The van der Waals surface area contributed by atoms with Crippen molar-refractivity contribution in [1.29, 1.82) is 0 Å². The molecule has 0 saturated heterocycles. The van der Waals surface area contributed by atoms with E-state index < -0.39 is 0 Å². The van der Waals surface area contributed by atoms with Crippen LogP contribution in [-0.2, 0) is 0 Å². The molecule has 0 aromatic heterocycles. The number of allylic oxidation sites excluding steroid dienone is 4. The topological polar surface area (TPSA) is 0 Å². The highest BCUT2D eigenvalue weighted by Gasteiger charge is 2.27. The summed E-state index contributed by atoms with van der Waals surface area (Å²) in [6, 6.07) is 0. The molecule has 0 aromatic carbocycles. The molecule has 0 aromatic rings. The van der Waals surface area contributed by atoms with Gasteiger partial charge in [0.25, 0.3) is 0 Å². The van der Waals surface area contributed by atoms with Crippen LogP contribution in [0.4, 0.5) is 0 Å². The zero-order valence-corrected chi connectivity index (χ0v) is 7.38. The summed E-state index contributed by atoms with van der Waals surface area (Å²) in [5.74, 6) is 2.45. The van der Waals surface area contributed by atoms with Crippen LogP contribution in [0.3, 0.4) is 0 Å². The van der Waals surface area contributed by atoms with Gasteiger partial charge >= 0.3 is 0 Å². The second kappa shape index (κ2) is 2.51. The van der Waals surface area contributed by atoms with Gasteiger partial charge in [-0.2, -0.15) is 0 Å². The van der Waals surface area contributed by atoms with E-state index in [1.54, 1.807) is 5.57 Å². The monoisotopic (exact) mass is 148 g/mol. The summed E-state index contributed by atoms with van der Waals surface area (Å²) in [5.41, 5.74) is 1.70. The SMILES string of the molecule is CC(C)CC1=CC2C=CC1C2. The minimum absolute atomic E-state index is 0.800. The van der Waals surface area contributed by atoms with E-state index in [1.807, 2.05) is 0 Å². The van der Waals surface area contributed by atoms with Crippen molar-refractivity contribution in [1.82, 2.24) is 0 Å². The smallest absolute Gasteiger partial charge is 0.00142 e. The average Bonchev–Trinajstić information content (AvgIpc) is 2.45. The first-order chi connectivity index (χ1) is 5.25. The summed E-state index contributed by atoms with van der Waals surface area (Å²) in [6.07, 6.45) is 9.91. The van der Waals surface area contributed by atoms with Crippen LogP contribution in [0.5, 0.6) is 0 Å². The molecule has 0 fully saturated rings. The number of fused-ring (bicyclic) bond motifs is 2. The lowest BCUT2D eigenvalue weighted by molar-refractivity contribution is 0.598. The van der Waals surface area contributed by atoms with Gasteiger partial charge in [-0.3, -0.25) is 0 Å². The number of rotatable bonds is 2. The van der Waals surface area contributed by atoms with E-state index in [1.165, 1.54) is 12.8 Å². The molecule has 2 atom stereocenters. The van der Waals surface area contributed by atoms with Crippen molar-refractivity contribution in [3.8, 4) is 0 Å². The second-order valence-electron chi connectivity index (χ2n) is 4.23. The Morgan fingerprint density at radius 3 is 2.73 bits per heavy atom. The maximum absolute atomic E-state index is 2.48. The molecule has 0 heteroatoms. The molecule has 2 unspecified atom stereocenters. The van der Waals surface area contributed by atoms with Crippen LogP contribution in [0.2, 0.25) is 0 Å². The predicted molar refractivity (Wildman–Crippen MR) is 48.3 cm³/mol. The quantitative estimate of drug-likeness (QED) is 0.528. The van der Waals surface area contributed by atoms with Crippen LogP contribution in [0.25, 0.3) is 0 Å². The van der Waals surface area contributed by atoms with Crippen LogP contribution in [-0.4, -0.2) is 0 Å². The fraction of sp³-hybridized carbons (Fsp3) is 0.636. The first-order valence-corrected chi connectivity index (χ1v) is 4.64. The maximum atomic E-state index is 2.48. The summed E-state index contributed by atoms with van der Waals surface area (Å²) in [4.78, 5) is 0. The van der Waals surface area contributed by atoms with Gasteiger partial charge in [0, 0.05) is 0 Å². The van der Waals surface area contributed by atoms with Crippen LogP contribution < -0.4 is 0 Å². The molecular weight excluding hydrogens is 132 g/mol. The van der Waals surface area contributed by atoms with Gasteiger partial charge in [0.2, 0.25) is 0 Å². The van der Waals surface area contributed by atoms with Crippen LogP contribution in [0.15, 0.2) is 23.8 Å². The van der Waals surface area contributed by atoms with Gasteiger partial charge in [0.05, 0.1) is 0 Å². The predicted octanol–water partition coefficient (Wildman–Crippen LogP) is 3.16. The van der Waals surface area contributed by atoms with Gasteiger partial charge < -0.3 is 0 Å². The molecule has 0 nitrogen and oxygen atoms in total. The van der Waals surface area contributed by atoms with Gasteiger partial charge in [0.1, 0.15) is 0 Å². The Balaban J connectivity index is 2.02. The van der Waals surface area contributed by atoms with Crippen molar-refractivity contribution < 1.29 is 0 Å². The molecule has 0 amide bonds. The van der Waals surface area contributed by atoms with E-state index in [4.69, 9.17) is 0 Å². The van der Waals surface area contributed by atoms with Crippen LogP contribution in [0.1, 0.15) is 26.7 Å². The molecule has 0 N–H and O–H groups in total. The highest BCUT2D eigenvalue weighted by atomic mass is 14.3. The Kier molecular flexibility index (Phi) is 1.63. The molecule has 2 aliphatic carbocycles. The van der Waals surface area contributed by atoms with E-state index in [9.17, 15) is 0 Å². The molecular formula is C11H16. The molecule has 2 bridgehead atoms. The largest absolute Gasteiger partial charge is 0.0810 e. The Bertz CT molecular complexity index is 208. The molecule has 0 radical (unpaired) electrons. The third kappa shape index (κ3) is 1.26. The van der Waals surface area contributed by atoms with Gasteiger partial charge in [-0.1, -0.05) is 37.6 Å². The second-order valence-corrected chi connectivity index (χ2v) is 4.23. The maximum Gasteiger partial charge on any atom is -0.00142 e. The van der Waals surface area contributed by atoms with Gasteiger partial charge in [-0.05, 0) is 30.6 Å². The molecule has 2 aliphatic rings. The summed E-state index contributed by atoms with van der Waals surface area (Å²) >= 11 is 0. The Morgan fingerprint density at radius 1 is 1.45 bits per heavy atom. The Labute approximate surface area is 69.0 Å². The molecule has 11 heavy (non-hydrogen) atoms. The lowest BCUT2D eigenvalue weighted by Gasteiger charge is -2.11. The van der Waals surface area contributed by atoms with Crippen molar-refractivity contribution >= 4 is 0 Å². The van der Waals surface area contributed by atoms with Crippen molar-refractivity contribution in [2.24, 2.45) is 17.8 Å². The Morgan fingerprint density at radius 2 is 2.27 bits per heavy atom. The van der Waals surface area contributed by atoms with Crippen LogP contribution >= 0.6 is 0 Å². The number of hydrogen-bond donors (Lipinski definition) is 0. The van der Waals surface area contributed by atoms with Crippen molar-refractivity contribution in [2.75, 3.05) is 0 Å². The van der Waals surface area contributed by atoms with E-state index in [0.29, 0.717) is 0 Å². The first kappa shape index (κ1) is 7.15. The molecule has 60 valence electrons. The van der Waals surface area contributed by atoms with E-state index in [2.05, 4.69) is 32.1 Å². The molecule has 0 spiro atoms. The zero-order chi connectivity index (χ0) is 7.84. The van der Waals surface area contributed by atoms with Crippen LogP contribution in [0, 0.1) is 17.8 Å². The van der Waals surface area contributed by atoms with Crippen molar-refractivity contribution in [2.45, 2.75) is 26.7 Å². The van der Waals surface area contributed by atoms with Crippen molar-refractivity contribution in [3.63, 3.8) is 0 Å². The zero-order valence-electron chi connectivity index (χ0n) is 7.38. The summed E-state index contributed by atoms with van der Waals surface area (Å²) in [7, 11) is 0.